The lowest BCUT2D eigenvalue weighted by molar-refractivity contribution is -0.384. The number of nitrogens with one attached hydrogen (secondary N) is 3. The van der Waals surface area contributed by atoms with E-state index in [-0.39, 0.29) is 22.7 Å². The van der Waals surface area contributed by atoms with Gasteiger partial charge in [-0.25, -0.2) is 16.3 Å². The molecule has 1 amide bonds. The Hall–Kier alpha value is -3.33. The first-order chi connectivity index (χ1) is 15.5. The van der Waals surface area contributed by atoms with Gasteiger partial charge in [-0.15, -0.1) is 0 Å². The third-order valence-electron chi connectivity index (χ3n) is 6.06. The van der Waals surface area contributed by atoms with Crippen LogP contribution in [0.1, 0.15) is 34.7 Å². The van der Waals surface area contributed by atoms with Gasteiger partial charge in [-0.2, -0.15) is 5.10 Å². The minimum atomic E-state index is -0.563. The lowest BCUT2D eigenvalue weighted by Crippen LogP contribution is -2.41. The summed E-state index contributed by atoms with van der Waals surface area (Å²) >= 11 is 5.81. The van der Waals surface area contributed by atoms with E-state index < -0.39 is 11.0 Å². The van der Waals surface area contributed by atoms with E-state index in [1.165, 1.54) is 45.8 Å². The van der Waals surface area contributed by atoms with Gasteiger partial charge in [-0.05, 0) is 52.8 Å². The fraction of sp³-hybridized carbons (Fsp3) is 0.217. The SMILES string of the molecule is O=C(N/N=C/c1ccc(Cl)c([N+](=O)[O-])c1)C1CC(c2ccc3c4c(cccc24)CC3)NN1. The van der Waals surface area contributed by atoms with Crippen LogP contribution in [-0.4, -0.2) is 23.1 Å². The van der Waals surface area contributed by atoms with Gasteiger partial charge in [0, 0.05) is 17.7 Å². The van der Waals surface area contributed by atoms with Gasteiger partial charge in [0.05, 0.1) is 11.1 Å². The molecule has 0 saturated carbocycles. The zero-order valence-corrected chi connectivity index (χ0v) is 17.7. The summed E-state index contributed by atoms with van der Waals surface area (Å²) in [7, 11) is 0. The molecule has 3 aromatic carbocycles. The normalized spacial score (nSPS) is 19.7. The molecule has 0 bridgehead atoms. The van der Waals surface area contributed by atoms with Crippen LogP contribution in [0.3, 0.4) is 0 Å². The van der Waals surface area contributed by atoms with E-state index >= 15 is 0 Å². The van der Waals surface area contributed by atoms with Crippen LogP contribution in [0.15, 0.2) is 53.6 Å². The molecule has 32 heavy (non-hydrogen) atoms. The molecule has 9 heteroatoms. The molecule has 2 atom stereocenters. The summed E-state index contributed by atoms with van der Waals surface area (Å²) in [6.07, 6.45) is 4.08. The van der Waals surface area contributed by atoms with Gasteiger partial charge in [0.25, 0.3) is 11.6 Å². The van der Waals surface area contributed by atoms with E-state index in [9.17, 15) is 14.9 Å². The number of halogens is 1. The Morgan fingerprint density at radius 1 is 1.16 bits per heavy atom. The molecular formula is C23H20ClN5O3. The van der Waals surface area contributed by atoms with Gasteiger partial charge in [-0.3, -0.25) is 14.9 Å². The van der Waals surface area contributed by atoms with E-state index in [0.717, 1.165) is 12.8 Å². The minimum absolute atomic E-state index is 0.00135. The van der Waals surface area contributed by atoms with Crippen LogP contribution in [0.4, 0.5) is 5.69 Å². The monoisotopic (exact) mass is 449 g/mol. The summed E-state index contributed by atoms with van der Waals surface area (Å²) in [5.41, 5.74) is 13.0. The highest BCUT2D eigenvalue weighted by Gasteiger charge is 2.31. The zero-order chi connectivity index (χ0) is 22.2. The standard InChI is InChI=1S/C23H20ClN5O3/c24-18-9-4-13(10-21(18)29(31)32)12-25-28-23(30)20-11-19(26-27-20)16-8-7-15-6-5-14-2-1-3-17(16)22(14)15/h1-4,7-10,12,19-20,26-27H,5-6,11H2,(H,28,30)/b25-12+. The molecule has 3 N–H and O–H groups in total. The number of amides is 1. The number of carbonyl (C=O) groups excluding carboxylic acids is 1. The summed E-state index contributed by atoms with van der Waals surface area (Å²) in [6, 6.07) is 14.6. The quantitative estimate of drug-likeness (QED) is 0.313. The van der Waals surface area contributed by atoms with Gasteiger partial charge in [0.15, 0.2) is 0 Å². The van der Waals surface area contributed by atoms with Crippen LogP contribution in [0.2, 0.25) is 5.02 Å². The van der Waals surface area contributed by atoms with Crippen molar-refractivity contribution in [2.75, 3.05) is 0 Å². The number of hydrazone groups is 1. The largest absolute Gasteiger partial charge is 0.288 e. The molecule has 0 aromatic heterocycles. The number of hydrazine groups is 1. The van der Waals surface area contributed by atoms with Crippen LogP contribution in [-0.2, 0) is 17.6 Å². The first kappa shape index (κ1) is 20.6. The van der Waals surface area contributed by atoms with Crippen LogP contribution in [0, 0.1) is 10.1 Å². The van der Waals surface area contributed by atoms with Crippen molar-refractivity contribution in [2.24, 2.45) is 5.10 Å². The Morgan fingerprint density at radius 3 is 2.78 bits per heavy atom. The van der Waals surface area contributed by atoms with E-state index in [4.69, 9.17) is 11.6 Å². The Morgan fingerprint density at radius 2 is 1.97 bits per heavy atom. The van der Waals surface area contributed by atoms with Crippen molar-refractivity contribution in [3.63, 3.8) is 0 Å². The molecule has 0 radical (unpaired) electrons. The van der Waals surface area contributed by atoms with Crippen molar-refractivity contribution in [3.05, 3.63) is 85.9 Å². The van der Waals surface area contributed by atoms with Gasteiger partial charge >= 0.3 is 0 Å². The number of hydrogen-bond donors (Lipinski definition) is 3. The summed E-state index contributed by atoms with van der Waals surface area (Å²) in [4.78, 5) is 23.0. The summed E-state index contributed by atoms with van der Waals surface area (Å²) in [6.45, 7) is 0. The second-order valence-corrected chi connectivity index (χ2v) is 8.39. The topological polar surface area (TPSA) is 109 Å². The molecule has 1 fully saturated rings. The highest BCUT2D eigenvalue weighted by Crippen LogP contribution is 2.36. The summed E-state index contributed by atoms with van der Waals surface area (Å²) in [5.74, 6) is -0.286. The maximum atomic E-state index is 12.6. The van der Waals surface area contributed by atoms with Crippen molar-refractivity contribution in [3.8, 4) is 0 Å². The van der Waals surface area contributed by atoms with Gasteiger partial charge in [-0.1, -0.05) is 48.0 Å². The molecule has 2 aliphatic rings. The van der Waals surface area contributed by atoms with Gasteiger partial charge in [0.1, 0.15) is 11.1 Å². The molecule has 5 rings (SSSR count). The molecule has 162 valence electrons. The maximum Gasteiger partial charge on any atom is 0.288 e. The molecule has 0 spiro atoms. The molecule has 2 unspecified atom stereocenters. The Balaban J connectivity index is 1.26. The fourth-order valence-corrected chi connectivity index (χ4v) is 4.69. The smallest absolute Gasteiger partial charge is 0.271 e. The van der Waals surface area contributed by atoms with Crippen LogP contribution in [0.25, 0.3) is 10.8 Å². The predicted octanol–water partition coefficient (Wildman–Crippen LogP) is 3.56. The molecule has 1 aliphatic heterocycles. The van der Waals surface area contributed by atoms with Crippen LogP contribution >= 0.6 is 11.6 Å². The third-order valence-corrected chi connectivity index (χ3v) is 6.38. The van der Waals surface area contributed by atoms with E-state index in [1.54, 1.807) is 6.07 Å². The zero-order valence-electron chi connectivity index (χ0n) is 17.0. The number of carbonyl (C=O) groups is 1. The van der Waals surface area contributed by atoms with Crippen LogP contribution in [0.5, 0.6) is 0 Å². The second kappa shape index (κ2) is 8.31. The van der Waals surface area contributed by atoms with Crippen molar-refractivity contribution in [2.45, 2.75) is 31.3 Å². The number of benzene rings is 3. The first-order valence-corrected chi connectivity index (χ1v) is 10.7. The van der Waals surface area contributed by atoms with E-state index in [0.29, 0.717) is 12.0 Å². The van der Waals surface area contributed by atoms with Crippen molar-refractivity contribution in [1.82, 2.24) is 16.3 Å². The van der Waals surface area contributed by atoms with Crippen LogP contribution < -0.4 is 16.3 Å². The lowest BCUT2D eigenvalue weighted by atomic mass is 9.93. The van der Waals surface area contributed by atoms with Gasteiger partial charge < -0.3 is 0 Å². The molecule has 1 aliphatic carbocycles. The van der Waals surface area contributed by atoms with Gasteiger partial charge in [0.2, 0.25) is 0 Å². The lowest BCUT2D eigenvalue weighted by Gasteiger charge is -2.14. The summed E-state index contributed by atoms with van der Waals surface area (Å²) in [5, 5.41) is 17.6. The number of aryl methyl sites for hydroxylation is 2. The molecule has 1 heterocycles. The first-order valence-electron chi connectivity index (χ1n) is 10.3. The molecule has 1 saturated heterocycles. The number of nitro groups is 1. The average Bonchev–Trinajstić information content (AvgIpc) is 3.44. The van der Waals surface area contributed by atoms with E-state index in [2.05, 4.69) is 51.7 Å². The maximum absolute atomic E-state index is 12.6. The molecule has 8 nitrogen and oxygen atoms in total. The Kier molecular flexibility index (Phi) is 5.34. The number of nitrogens with zero attached hydrogens (tertiary/aromatic N) is 2. The van der Waals surface area contributed by atoms with Crippen molar-refractivity contribution >= 4 is 40.2 Å². The van der Waals surface area contributed by atoms with E-state index in [1.807, 2.05) is 0 Å². The third kappa shape index (κ3) is 3.73. The average molecular weight is 450 g/mol. The fourth-order valence-electron chi connectivity index (χ4n) is 4.50. The highest BCUT2D eigenvalue weighted by atomic mass is 35.5. The number of hydrogen-bond acceptors (Lipinski definition) is 6. The molecule has 3 aromatic rings. The Labute approximate surface area is 188 Å². The highest BCUT2D eigenvalue weighted by molar-refractivity contribution is 6.32. The molecular weight excluding hydrogens is 430 g/mol. The summed E-state index contributed by atoms with van der Waals surface area (Å²) < 4.78 is 0. The Bertz CT molecular complexity index is 1270. The predicted molar refractivity (Wildman–Crippen MR) is 123 cm³/mol. The van der Waals surface area contributed by atoms with Crippen molar-refractivity contribution in [1.29, 1.82) is 0 Å². The van der Waals surface area contributed by atoms with Crippen molar-refractivity contribution < 1.29 is 9.72 Å². The minimum Gasteiger partial charge on any atom is -0.271 e. The number of nitro benzene ring substituents is 1. The number of rotatable bonds is 5. The second-order valence-electron chi connectivity index (χ2n) is 7.99.